The SMILES string of the molecule is CC/C=C\C/C=C\C/C=C\C/C=C\C/C=C\C/C=C\C/C=C\C/C=C\C/C=C\C/C=C\CCCCC(=O)OCC(COC(=O)CCCCCCCC)OC(=O)CCCCCCC/C=C\CCCCCCCC. The van der Waals surface area contributed by atoms with Crippen LogP contribution in [-0.4, -0.2) is 37.2 Å². The molecule has 0 amide bonds. The van der Waals surface area contributed by atoms with Crippen LogP contribution in [0.3, 0.4) is 0 Å². The summed E-state index contributed by atoms with van der Waals surface area (Å²) in [5.41, 5.74) is 0. The van der Waals surface area contributed by atoms with Crippen molar-refractivity contribution in [1.29, 1.82) is 0 Å². The Balaban J connectivity index is 4.23. The molecule has 72 heavy (non-hydrogen) atoms. The summed E-state index contributed by atoms with van der Waals surface area (Å²) in [6.45, 7) is 6.40. The van der Waals surface area contributed by atoms with Gasteiger partial charge in [0.05, 0.1) is 0 Å². The van der Waals surface area contributed by atoms with Crippen LogP contribution in [0.2, 0.25) is 0 Å². The summed E-state index contributed by atoms with van der Waals surface area (Å²) < 4.78 is 16.7. The molecule has 0 saturated carbocycles. The molecular weight excluding hydrogens is 889 g/mol. The van der Waals surface area contributed by atoms with Gasteiger partial charge >= 0.3 is 17.9 Å². The minimum atomic E-state index is -0.800. The van der Waals surface area contributed by atoms with E-state index in [1.54, 1.807) is 0 Å². The summed E-state index contributed by atoms with van der Waals surface area (Å²) >= 11 is 0. The molecule has 406 valence electrons. The third-order valence-corrected chi connectivity index (χ3v) is 11.9. The molecule has 0 saturated heterocycles. The molecule has 6 nitrogen and oxygen atoms in total. The molecule has 0 heterocycles. The van der Waals surface area contributed by atoms with Crippen molar-refractivity contribution in [3.63, 3.8) is 0 Å². The predicted octanol–water partition coefficient (Wildman–Crippen LogP) is 19.8. The molecule has 0 aromatic carbocycles. The maximum atomic E-state index is 12.8. The zero-order valence-corrected chi connectivity index (χ0v) is 46.4. The van der Waals surface area contributed by atoms with Crippen molar-refractivity contribution in [3.05, 3.63) is 134 Å². The lowest BCUT2D eigenvalue weighted by atomic mass is 10.1. The lowest BCUT2D eigenvalue weighted by Gasteiger charge is -2.18. The number of rotatable bonds is 51. The van der Waals surface area contributed by atoms with Gasteiger partial charge in [0.25, 0.3) is 0 Å². The quantitative estimate of drug-likeness (QED) is 0.0261. The standard InChI is InChI=1S/C66H106O6/c1-4-7-10-13-16-18-20-22-24-25-26-27-28-29-30-31-32-33-34-35-36-37-38-39-40-41-43-44-46-48-50-53-56-59-65(68)71-62-63(61-70-64(67)58-55-52-15-12-9-6-3)72-66(69)60-57-54-51-49-47-45-42-23-21-19-17-14-11-8-5-2/h7,10,16,18,22-24,26-27,29-30,32-33,35-36,38-39,41-43,46,48,63H,4-6,8-9,11-15,17,19-21,25,28,31,34,37,40,44-45,47,49-62H2,1-3H3/b10-7-,18-16-,24-22-,27-26-,30-29-,33-32-,36-35-,39-38-,42-23-,43-41-,48-46-. The second-order valence-electron chi connectivity index (χ2n) is 18.8. The fourth-order valence-corrected chi connectivity index (χ4v) is 7.52. The van der Waals surface area contributed by atoms with Gasteiger partial charge in [-0.15, -0.1) is 0 Å². The van der Waals surface area contributed by atoms with E-state index in [1.807, 2.05) is 0 Å². The molecule has 0 aromatic rings. The molecule has 1 atom stereocenters. The molecule has 1 unspecified atom stereocenters. The molecule has 0 rings (SSSR count). The number of carbonyl (C=O) groups is 3. The van der Waals surface area contributed by atoms with Gasteiger partial charge in [0.2, 0.25) is 0 Å². The summed E-state index contributed by atoms with van der Waals surface area (Å²) in [5, 5.41) is 0. The van der Waals surface area contributed by atoms with E-state index in [4.69, 9.17) is 14.2 Å². The summed E-state index contributed by atoms with van der Waals surface area (Å²) in [5.74, 6) is -0.967. The summed E-state index contributed by atoms with van der Waals surface area (Å²) in [6.07, 6.45) is 83.4. The van der Waals surface area contributed by atoms with E-state index in [1.165, 1.54) is 70.6 Å². The molecule has 0 aliphatic carbocycles. The van der Waals surface area contributed by atoms with E-state index in [0.29, 0.717) is 25.7 Å². The number of allylic oxidation sites excluding steroid dienone is 22. The van der Waals surface area contributed by atoms with Gasteiger partial charge in [0.15, 0.2) is 6.10 Å². The van der Waals surface area contributed by atoms with Crippen molar-refractivity contribution in [2.45, 2.75) is 252 Å². The Bertz CT molecular complexity index is 1560. The number of carbonyl (C=O) groups excluding carboxylic acids is 3. The summed E-state index contributed by atoms with van der Waals surface area (Å²) in [6, 6.07) is 0. The lowest BCUT2D eigenvalue weighted by Crippen LogP contribution is -2.30. The second kappa shape index (κ2) is 59.1. The van der Waals surface area contributed by atoms with Crippen LogP contribution < -0.4 is 0 Å². The molecule has 0 aliphatic rings. The van der Waals surface area contributed by atoms with Crippen molar-refractivity contribution in [1.82, 2.24) is 0 Å². The molecule has 6 heteroatoms. The van der Waals surface area contributed by atoms with Gasteiger partial charge in [0.1, 0.15) is 13.2 Å². The Morgan fingerprint density at radius 2 is 0.542 bits per heavy atom. The number of unbranched alkanes of at least 4 members (excludes halogenated alkanes) is 18. The zero-order chi connectivity index (χ0) is 52.2. The van der Waals surface area contributed by atoms with E-state index in [-0.39, 0.29) is 31.1 Å². The molecule has 0 aromatic heterocycles. The molecule has 0 aliphatic heterocycles. The fraction of sp³-hybridized carbons (Fsp3) is 0.621. The van der Waals surface area contributed by atoms with Crippen molar-refractivity contribution in [3.8, 4) is 0 Å². The van der Waals surface area contributed by atoms with Gasteiger partial charge in [0, 0.05) is 19.3 Å². The molecule has 0 radical (unpaired) electrons. The lowest BCUT2D eigenvalue weighted by molar-refractivity contribution is -0.167. The summed E-state index contributed by atoms with van der Waals surface area (Å²) in [7, 11) is 0. The number of hydrogen-bond donors (Lipinski definition) is 0. The maximum Gasteiger partial charge on any atom is 0.306 e. The minimum Gasteiger partial charge on any atom is -0.462 e. The first-order valence-corrected chi connectivity index (χ1v) is 29.2. The Kier molecular flexibility index (Phi) is 55.5. The largest absolute Gasteiger partial charge is 0.462 e. The Hall–Kier alpha value is -4.45. The average Bonchev–Trinajstić information content (AvgIpc) is 3.38. The van der Waals surface area contributed by atoms with Crippen LogP contribution in [0.5, 0.6) is 0 Å². The Labute approximate surface area is 443 Å². The molecule has 0 bridgehead atoms. The average molecular weight is 996 g/mol. The first kappa shape index (κ1) is 67.5. The first-order valence-electron chi connectivity index (χ1n) is 29.2. The smallest absolute Gasteiger partial charge is 0.306 e. The van der Waals surface area contributed by atoms with Crippen LogP contribution in [0, 0.1) is 0 Å². The molecular formula is C66H106O6. The Morgan fingerprint density at radius 1 is 0.292 bits per heavy atom. The van der Waals surface area contributed by atoms with E-state index < -0.39 is 6.10 Å². The van der Waals surface area contributed by atoms with E-state index in [0.717, 1.165) is 128 Å². The van der Waals surface area contributed by atoms with Crippen molar-refractivity contribution in [2.75, 3.05) is 13.2 Å². The van der Waals surface area contributed by atoms with E-state index in [9.17, 15) is 14.4 Å². The highest BCUT2D eigenvalue weighted by Crippen LogP contribution is 2.13. The molecule has 0 N–H and O–H groups in total. The van der Waals surface area contributed by atoms with Gasteiger partial charge < -0.3 is 14.2 Å². The van der Waals surface area contributed by atoms with Crippen LogP contribution in [0.25, 0.3) is 0 Å². The fourth-order valence-electron chi connectivity index (χ4n) is 7.52. The van der Waals surface area contributed by atoms with Gasteiger partial charge in [-0.1, -0.05) is 238 Å². The minimum absolute atomic E-state index is 0.0980. The van der Waals surface area contributed by atoms with Crippen LogP contribution in [0.1, 0.15) is 245 Å². The zero-order valence-electron chi connectivity index (χ0n) is 46.4. The van der Waals surface area contributed by atoms with Gasteiger partial charge in [-0.05, 0) is 122 Å². The van der Waals surface area contributed by atoms with Crippen LogP contribution >= 0.6 is 0 Å². The first-order chi connectivity index (χ1) is 35.5. The van der Waals surface area contributed by atoms with Gasteiger partial charge in [-0.25, -0.2) is 0 Å². The molecule has 0 fully saturated rings. The van der Waals surface area contributed by atoms with E-state index in [2.05, 4.69) is 154 Å². The van der Waals surface area contributed by atoms with Crippen LogP contribution in [0.15, 0.2) is 134 Å². The second-order valence-corrected chi connectivity index (χ2v) is 18.8. The van der Waals surface area contributed by atoms with Crippen LogP contribution in [-0.2, 0) is 28.6 Å². The normalized spacial score (nSPS) is 13.1. The van der Waals surface area contributed by atoms with Gasteiger partial charge in [-0.3, -0.25) is 14.4 Å². The van der Waals surface area contributed by atoms with Crippen LogP contribution in [0.4, 0.5) is 0 Å². The number of ether oxygens (including phenoxy) is 3. The Morgan fingerprint density at radius 3 is 0.889 bits per heavy atom. The maximum absolute atomic E-state index is 12.8. The highest BCUT2D eigenvalue weighted by atomic mass is 16.6. The van der Waals surface area contributed by atoms with Crippen molar-refractivity contribution in [2.24, 2.45) is 0 Å². The summed E-state index contributed by atoms with van der Waals surface area (Å²) in [4.78, 5) is 37.8. The highest BCUT2D eigenvalue weighted by molar-refractivity contribution is 5.71. The third kappa shape index (κ3) is 56.5. The molecule has 0 spiro atoms. The highest BCUT2D eigenvalue weighted by Gasteiger charge is 2.19. The van der Waals surface area contributed by atoms with Crippen molar-refractivity contribution < 1.29 is 28.6 Å². The third-order valence-electron chi connectivity index (χ3n) is 11.9. The monoisotopic (exact) mass is 995 g/mol. The topological polar surface area (TPSA) is 78.9 Å². The van der Waals surface area contributed by atoms with Gasteiger partial charge in [-0.2, -0.15) is 0 Å². The predicted molar refractivity (Wildman–Crippen MR) is 311 cm³/mol. The number of esters is 3. The number of hydrogen-bond acceptors (Lipinski definition) is 6. The van der Waals surface area contributed by atoms with E-state index >= 15 is 0 Å². The van der Waals surface area contributed by atoms with Crippen molar-refractivity contribution >= 4 is 17.9 Å².